The summed E-state index contributed by atoms with van der Waals surface area (Å²) in [5.41, 5.74) is 0.479. The van der Waals surface area contributed by atoms with Crippen LogP contribution in [0, 0.1) is 11.5 Å². The van der Waals surface area contributed by atoms with Gasteiger partial charge in [-0.1, -0.05) is 35.0 Å². The Morgan fingerprint density at radius 3 is 2.71 bits per heavy atom. The lowest BCUT2D eigenvalue weighted by molar-refractivity contribution is 1.28. The maximum atomic E-state index is 8.55. The van der Waals surface area contributed by atoms with Crippen molar-refractivity contribution in [3.8, 4) is 6.19 Å². The number of nitriles is 1. The van der Waals surface area contributed by atoms with E-state index >= 15 is 0 Å². The van der Waals surface area contributed by atoms with Gasteiger partial charge in [-0.2, -0.15) is 5.26 Å². The first kappa shape index (κ1) is 15.1. The zero-order chi connectivity index (χ0) is 13.0. The van der Waals surface area contributed by atoms with Crippen LogP contribution in [0.2, 0.25) is 10.0 Å². The Hall–Kier alpha value is 0.0700. The summed E-state index contributed by atoms with van der Waals surface area (Å²) in [7, 11) is 0. The minimum absolute atomic E-state index is 0.430. The third-order valence-electron chi connectivity index (χ3n) is 1.66. The molecule has 0 saturated heterocycles. The smallest absolute Gasteiger partial charge is 0.183 e. The lowest BCUT2D eigenvalue weighted by atomic mass is 10.3. The van der Waals surface area contributed by atoms with Gasteiger partial charge in [-0.05, 0) is 44.2 Å². The number of amidine groups is 1. The van der Waals surface area contributed by atoms with E-state index in [1.807, 2.05) is 0 Å². The van der Waals surface area contributed by atoms with Gasteiger partial charge < -0.3 is 0 Å². The van der Waals surface area contributed by atoms with E-state index in [4.69, 9.17) is 28.5 Å². The van der Waals surface area contributed by atoms with E-state index < -0.39 is 0 Å². The molecule has 90 valence electrons. The summed E-state index contributed by atoms with van der Waals surface area (Å²) in [5, 5.41) is 12.3. The van der Waals surface area contributed by atoms with Crippen LogP contribution >= 0.6 is 66.8 Å². The highest BCUT2D eigenvalue weighted by Gasteiger charge is 2.13. The van der Waals surface area contributed by atoms with Gasteiger partial charge in [0.15, 0.2) is 11.4 Å². The predicted octanol–water partition coefficient (Wildman–Crippen LogP) is 4.94. The minimum Gasteiger partial charge on any atom is -0.271 e. The Labute approximate surface area is 130 Å². The zero-order valence-electron chi connectivity index (χ0n) is 8.39. The second-order valence-corrected chi connectivity index (χ2v) is 5.90. The fourth-order valence-corrected chi connectivity index (χ4v) is 3.11. The first-order chi connectivity index (χ1) is 8.01. The van der Waals surface area contributed by atoms with Crippen LogP contribution in [0.3, 0.4) is 0 Å². The second kappa shape index (κ2) is 6.86. The summed E-state index contributed by atoms with van der Waals surface area (Å²) in [4.78, 5) is 4.23. The van der Waals surface area contributed by atoms with Gasteiger partial charge >= 0.3 is 0 Å². The van der Waals surface area contributed by atoms with Crippen molar-refractivity contribution in [1.29, 1.82) is 5.26 Å². The Kier molecular flexibility index (Phi) is 6.10. The molecule has 8 heteroatoms. The molecule has 0 radical (unpaired) electrons. The number of hydrogen-bond donors (Lipinski definition) is 1. The number of halogens is 4. The lowest BCUT2D eigenvalue weighted by Crippen LogP contribution is -2.12. The molecule has 0 bridgehead atoms. The Bertz CT molecular complexity index is 514. The average molecular weight is 418 g/mol. The van der Waals surface area contributed by atoms with Gasteiger partial charge in [-0.15, -0.1) is 0 Å². The molecule has 0 spiro atoms. The molecule has 0 aliphatic heterocycles. The Balaban J connectivity index is 3.33. The van der Waals surface area contributed by atoms with Crippen LogP contribution in [-0.4, -0.2) is 11.4 Å². The fraction of sp³-hybridized carbons (Fsp3) is 0.111. The fourth-order valence-electron chi connectivity index (χ4n) is 0.933. The molecule has 1 aromatic carbocycles. The van der Waals surface area contributed by atoms with Crippen molar-refractivity contribution in [1.82, 2.24) is 5.32 Å². The highest BCUT2D eigenvalue weighted by Crippen LogP contribution is 2.43. The van der Waals surface area contributed by atoms with Crippen LogP contribution in [0.4, 0.5) is 5.69 Å². The van der Waals surface area contributed by atoms with Gasteiger partial charge in [-0.3, -0.25) is 5.32 Å². The third kappa shape index (κ3) is 3.76. The normalized spacial score (nSPS) is 11.2. The van der Waals surface area contributed by atoms with Crippen LogP contribution in [0.5, 0.6) is 0 Å². The van der Waals surface area contributed by atoms with E-state index in [2.05, 4.69) is 42.2 Å². The molecular formula is C9H5Br2Cl2N3S. The second-order valence-electron chi connectivity index (χ2n) is 2.67. The molecule has 0 heterocycles. The highest BCUT2D eigenvalue weighted by atomic mass is 79.9. The summed E-state index contributed by atoms with van der Waals surface area (Å²) in [6.45, 7) is 0. The van der Waals surface area contributed by atoms with Crippen LogP contribution in [0.25, 0.3) is 0 Å². The molecule has 0 amide bonds. The van der Waals surface area contributed by atoms with E-state index in [1.54, 1.807) is 18.5 Å². The van der Waals surface area contributed by atoms with Crippen LogP contribution in [0.15, 0.2) is 20.0 Å². The van der Waals surface area contributed by atoms with E-state index in [-0.39, 0.29) is 0 Å². The van der Waals surface area contributed by atoms with Gasteiger partial charge in [0.1, 0.15) is 5.69 Å². The molecular weight excluding hydrogens is 413 g/mol. The summed E-state index contributed by atoms with van der Waals surface area (Å²) in [5.74, 6) is 0. The molecule has 1 aromatic rings. The number of nitrogens with zero attached hydrogens (tertiary/aromatic N) is 2. The lowest BCUT2D eigenvalue weighted by Gasteiger charge is -2.07. The summed E-state index contributed by atoms with van der Waals surface area (Å²) < 4.78 is 1.25. The average Bonchev–Trinajstić information content (AvgIpc) is 2.30. The first-order valence-electron chi connectivity index (χ1n) is 4.12. The monoisotopic (exact) mass is 415 g/mol. The topological polar surface area (TPSA) is 48.2 Å². The van der Waals surface area contributed by atoms with Crippen LogP contribution in [0.1, 0.15) is 0 Å². The number of aliphatic imine (C=N–C) groups is 1. The Morgan fingerprint density at radius 2 is 2.18 bits per heavy atom. The molecule has 0 fully saturated rings. The van der Waals surface area contributed by atoms with Crippen molar-refractivity contribution in [3.63, 3.8) is 0 Å². The van der Waals surface area contributed by atoms with E-state index in [1.165, 1.54) is 11.8 Å². The van der Waals surface area contributed by atoms with Crippen molar-refractivity contribution in [2.75, 3.05) is 6.26 Å². The molecule has 17 heavy (non-hydrogen) atoms. The quantitative estimate of drug-likeness (QED) is 0.176. The van der Waals surface area contributed by atoms with Crippen molar-refractivity contribution >= 4 is 77.7 Å². The van der Waals surface area contributed by atoms with Gasteiger partial charge in [-0.25, -0.2) is 4.99 Å². The first-order valence-corrected chi connectivity index (χ1v) is 7.68. The zero-order valence-corrected chi connectivity index (χ0v) is 13.9. The van der Waals surface area contributed by atoms with E-state index in [0.29, 0.717) is 29.8 Å². The molecule has 0 aromatic heterocycles. The van der Waals surface area contributed by atoms with Crippen molar-refractivity contribution < 1.29 is 0 Å². The molecule has 1 N–H and O–H groups in total. The maximum Gasteiger partial charge on any atom is 0.183 e. The highest BCUT2D eigenvalue weighted by molar-refractivity contribution is 9.11. The molecule has 0 saturated carbocycles. The Morgan fingerprint density at radius 1 is 1.53 bits per heavy atom. The summed E-state index contributed by atoms with van der Waals surface area (Å²) >= 11 is 20.0. The van der Waals surface area contributed by atoms with Crippen LogP contribution in [-0.2, 0) is 0 Å². The summed E-state index contributed by atoms with van der Waals surface area (Å²) in [6.07, 6.45) is 3.60. The molecule has 0 aliphatic carbocycles. The number of benzene rings is 1. The van der Waals surface area contributed by atoms with Gasteiger partial charge in [0, 0.05) is 4.47 Å². The standard InChI is InChI=1S/C9H5Br2Cl2N3S/c1-17-9(15-3-14)16-8-5(12)2-4(10)7(13)6(8)11/h2H,1H3,(H,15,16). The predicted molar refractivity (Wildman–Crippen MR) is 81.2 cm³/mol. The SMILES string of the molecule is CSC(=Nc1c(Cl)cc(Br)c(Cl)c1Br)NC#N. The largest absolute Gasteiger partial charge is 0.271 e. The maximum absolute atomic E-state index is 8.55. The van der Waals surface area contributed by atoms with Gasteiger partial charge in [0.05, 0.1) is 14.5 Å². The minimum atomic E-state index is 0.430. The molecule has 0 atom stereocenters. The summed E-state index contributed by atoms with van der Waals surface area (Å²) in [6, 6.07) is 1.65. The third-order valence-corrected chi connectivity index (χ3v) is 4.77. The molecule has 0 unspecified atom stereocenters. The van der Waals surface area contributed by atoms with Gasteiger partial charge in [0.25, 0.3) is 0 Å². The van der Waals surface area contributed by atoms with E-state index in [0.717, 1.165) is 0 Å². The van der Waals surface area contributed by atoms with Crippen molar-refractivity contribution in [2.45, 2.75) is 0 Å². The molecule has 1 rings (SSSR count). The van der Waals surface area contributed by atoms with E-state index in [9.17, 15) is 0 Å². The molecule has 0 aliphatic rings. The number of nitrogens with one attached hydrogen (secondary N) is 1. The van der Waals surface area contributed by atoms with Crippen molar-refractivity contribution in [2.24, 2.45) is 4.99 Å². The number of hydrogen-bond acceptors (Lipinski definition) is 3. The van der Waals surface area contributed by atoms with Gasteiger partial charge in [0.2, 0.25) is 0 Å². The van der Waals surface area contributed by atoms with Crippen LogP contribution < -0.4 is 5.32 Å². The van der Waals surface area contributed by atoms with Crippen molar-refractivity contribution in [3.05, 3.63) is 25.1 Å². The number of thioether (sulfide) groups is 1. The molecule has 3 nitrogen and oxygen atoms in total. The number of rotatable bonds is 1.